The van der Waals surface area contributed by atoms with Gasteiger partial charge in [-0.25, -0.2) is 4.39 Å². The van der Waals surface area contributed by atoms with Crippen molar-refractivity contribution in [1.29, 1.82) is 0 Å². The van der Waals surface area contributed by atoms with Gasteiger partial charge in [-0.1, -0.05) is 38.5 Å². The predicted molar refractivity (Wildman–Crippen MR) is 97.8 cm³/mol. The summed E-state index contributed by atoms with van der Waals surface area (Å²) < 4.78 is 15.2. The van der Waals surface area contributed by atoms with Crippen LogP contribution in [0.1, 0.15) is 65.7 Å². The zero-order chi connectivity index (χ0) is 18.0. The van der Waals surface area contributed by atoms with E-state index in [9.17, 15) is 10.2 Å². The number of fused-ring (bicyclic) bond motifs is 5. The fourth-order valence-electron chi connectivity index (χ4n) is 7.19. The molecule has 2 N–H and O–H groups in total. The molecule has 4 rings (SSSR count). The minimum atomic E-state index is -0.843. The Morgan fingerprint density at radius 1 is 1.20 bits per heavy atom. The van der Waals surface area contributed by atoms with Crippen molar-refractivity contribution in [3.63, 3.8) is 0 Å². The van der Waals surface area contributed by atoms with Crippen molar-refractivity contribution in [2.75, 3.05) is 6.61 Å². The summed E-state index contributed by atoms with van der Waals surface area (Å²) >= 11 is 0. The summed E-state index contributed by atoms with van der Waals surface area (Å²) in [6, 6.07) is 0. The number of hydrogen-bond donors (Lipinski definition) is 2. The molecule has 0 heterocycles. The van der Waals surface area contributed by atoms with E-state index >= 15 is 4.39 Å². The highest BCUT2D eigenvalue weighted by atomic mass is 19.1. The molecule has 4 aliphatic rings. The van der Waals surface area contributed by atoms with Gasteiger partial charge in [0, 0.05) is 23.9 Å². The molecule has 0 bridgehead atoms. The van der Waals surface area contributed by atoms with Crippen LogP contribution in [0.5, 0.6) is 0 Å². The lowest BCUT2D eigenvalue weighted by Gasteiger charge is -2.55. The maximum Gasteiger partial charge on any atom is 0.123 e. The number of hydrogen-bond acceptors (Lipinski definition) is 2. The summed E-state index contributed by atoms with van der Waals surface area (Å²) in [5.41, 5.74) is 1.28. The molecule has 0 aromatic carbocycles. The van der Waals surface area contributed by atoms with Crippen LogP contribution in [0.3, 0.4) is 0 Å². The Morgan fingerprint density at radius 2 is 1.96 bits per heavy atom. The summed E-state index contributed by atoms with van der Waals surface area (Å²) in [7, 11) is 0. The summed E-state index contributed by atoms with van der Waals surface area (Å²) in [6.45, 7) is 6.57. The zero-order valence-corrected chi connectivity index (χ0v) is 15.9. The third-order valence-electron chi connectivity index (χ3n) is 8.67. The van der Waals surface area contributed by atoms with Crippen molar-refractivity contribution in [1.82, 2.24) is 0 Å². The molecule has 25 heavy (non-hydrogen) atoms. The Balaban J connectivity index is 1.78. The second kappa shape index (κ2) is 5.66. The van der Waals surface area contributed by atoms with E-state index in [1.807, 2.05) is 0 Å². The molecule has 2 fully saturated rings. The average molecular weight is 349 g/mol. The zero-order valence-electron chi connectivity index (χ0n) is 15.9. The minimum Gasteiger partial charge on any atom is -0.396 e. The van der Waals surface area contributed by atoms with Crippen molar-refractivity contribution < 1.29 is 14.6 Å². The lowest BCUT2D eigenvalue weighted by molar-refractivity contribution is -0.114. The summed E-state index contributed by atoms with van der Waals surface area (Å²) in [5, 5.41) is 21.0. The molecule has 7 atom stereocenters. The maximum absolute atomic E-state index is 15.2. The van der Waals surface area contributed by atoms with Crippen molar-refractivity contribution in [2.45, 2.75) is 77.5 Å². The topological polar surface area (TPSA) is 40.5 Å². The summed E-state index contributed by atoms with van der Waals surface area (Å²) in [5.74, 6) is 0.707. The smallest absolute Gasteiger partial charge is 0.123 e. The second-order valence-electron chi connectivity index (χ2n) is 9.62. The van der Waals surface area contributed by atoms with Crippen LogP contribution in [0.2, 0.25) is 0 Å². The normalized spacial score (nSPS) is 51.9. The van der Waals surface area contributed by atoms with Gasteiger partial charge < -0.3 is 10.2 Å². The van der Waals surface area contributed by atoms with E-state index in [-0.39, 0.29) is 29.3 Å². The fourth-order valence-corrected chi connectivity index (χ4v) is 7.19. The van der Waals surface area contributed by atoms with Crippen molar-refractivity contribution in [3.05, 3.63) is 23.3 Å². The molecule has 2 saturated carbocycles. The number of allylic oxidation sites excluding steroid dienone is 4. The van der Waals surface area contributed by atoms with E-state index in [2.05, 4.69) is 32.9 Å². The molecule has 3 heteroatoms. The molecule has 0 aliphatic heterocycles. The first-order valence-electron chi connectivity index (χ1n) is 10.2. The van der Waals surface area contributed by atoms with E-state index in [4.69, 9.17) is 0 Å². The first kappa shape index (κ1) is 17.7. The van der Waals surface area contributed by atoms with Gasteiger partial charge in [0.15, 0.2) is 0 Å². The molecular weight excluding hydrogens is 315 g/mol. The molecule has 0 spiro atoms. The van der Waals surface area contributed by atoms with Crippen LogP contribution in [0.25, 0.3) is 0 Å². The van der Waals surface area contributed by atoms with Crippen LogP contribution in [-0.2, 0) is 0 Å². The van der Waals surface area contributed by atoms with Gasteiger partial charge in [0.25, 0.3) is 0 Å². The number of rotatable bonds is 2. The highest BCUT2D eigenvalue weighted by Gasteiger charge is 2.64. The first-order chi connectivity index (χ1) is 11.8. The van der Waals surface area contributed by atoms with E-state index in [0.29, 0.717) is 18.8 Å². The van der Waals surface area contributed by atoms with Gasteiger partial charge in [-0.3, -0.25) is 0 Å². The number of aliphatic hydroxyl groups is 2. The van der Waals surface area contributed by atoms with Gasteiger partial charge >= 0.3 is 0 Å². The Bertz CT molecular complexity index is 626. The van der Waals surface area contributed by atoms with Crippen LogP contribution in [-0.4, -0.2) is 28.6 Å². The summed E-state index contributed by atoms with van der Waals surface area (Å²) in [4.78, 5) is 0. The number of alkyl halides is 1. The molecule has 0 aromatic rings. The van der Waals surface area contributed by atoms with Gasteiger partial charge in [-0.15, -0.1) is 0 Å². The Labute approximate surface area is 151 Å². The largest absolute Gasteiger partial charge is 0.396 e. The van der Waals surface area contributed by atoms with E-state index < -0.39 is 11.8 Å². The first-order valence-corrected chi connectivity index (χ1v) is 10.2. The van der Waals surface area contributed by atoms with E-state index in [1.165, 1.54) is 5.57 Å². The van der Waals surface area contributed by atoms with Crippen LogP contribution in [0.15, 0.2) is 23.3 Å². The van der Waals surface area contributed by atoms with Gasteiger partial charge in [0.1, 0.15) is 6.17 Å². The van der Waals surface area contributed by atoms with E-state index in [1.54, 1.807) is 0 Å². The lowest BCUT2D eigenvalue weighted by Crippen LogP contribution is -2.53. The van der Waals surface area contributed by atoms with Gasteiger partial charge in [0.05, 0.1) is 5.60 Å². The molecule has 0 amide bonds. The highest BCUT2D eigenvalue weighted by Crippen LogP contribution is 2.67. The Morgan fingerprint density at radius 3 is 2.68 bits per heavy atom. The Hall–Kier alpha value is -0.670. The van der Waals surface area contributed by atoms with Crippen molar-refractivity contribution >= 4 is 0 Å². The average Bonchev–Trinajstić information content (AvgIpc) is 2.76. The summed E-state index contributed by atoms with van der Waals surface area (Å²) in [6.07, 6.45) is 9.69. The standard InChI is InChI=1S/C22H33FO2/c1-14-12-18-15-13-19(23)17-6-4-5-8-20(17,2)16(15)7-9-21(18,3)22(14,25)10-11-24/h6-7,14-15,18-19,24-25H,4-5,8-13H2,1-3H3/t14-,15-,18+,19+,20-,21+,22-/m1/s1. The molecule has 4 aliphatic carbocycles. The molecular formula is C22H33FO2. The van der Waals surface area contributed by atoms with Crippen LogP contribution < -0.4 is 0 Å². The molecule has 0 aromatic heterocycles. The number of aliphatic hydroxyl groups excluding tert-OH is 1. The quantitative estimate of drug-likeness (QED) is 0.718. The maximum atomic E-state index is 15.2. The third-order valence-corrected chi connectivity index (χ3v) is 8.67. The second-order valence-corrected chi connectivity index (χ2v) is 9.62. The van der Waals surface area contributed by atoms with Gasteiger partial charge in [0.2, 0.25) is 0 Å². The van der Waals surface area contributed by atoms with Crippen LogP contribution in [0.4, 0.5) is 4.39 Å². The van der Waals surface area contributed by atoms with Crippen molar-refractivity contribution in [3.8, 4) is 0 Å². The fraction of sp³-hybridized carbons (Fsp3) is 0.818. The molecule has 2 nitrogen and oxygen atoms in total. The molecule has 0 unspecified atom stereocenters. The van der Waals surface area contributed by atoms with Crippen molar-refractivity contribution in [2.24, 2.45) is 28.6 Å². The third kappa shape index (κ3) is 2.15. The predicted octanol–water partition coefficient (Wildman–Crippen LogP) is 4.57. The SMILES string of the molecule is C[C@@H]1C[C@H]2[C@@H]3C[C@H](F)C4=CCCC[C@]4(C)C3=CC[C@]2(C)[C@@]1(O)CCO. The minimum absolute atomic E-state index is 0.0146. The lowest BCUT2D eigenvalue weighted by atomic mass is 9.50. The van der Waals surface area contributed by atoms with Crippen LogP contribution >= 0.6 is 0 Å². The van der Waals surface area contributed by atoms with Gasteiger partial charge in [-0.05, 0) is 61.9 Å². The monoisotopic (exact) mass is 348 g/mol. The van der Waals surface area contributed by atoms with E-state index in [0.717, 1.165) is 37.7 Å². The number of halogens is 1. The van der Waals surface area contributed by atoms with Gasteiger partial charge in [-0.2, -0.15) is 0 Å². The molecule has 0 radical (unpaired) electrons. The Kier molecular flexibility index (Phi) is 4.01. The molecule has 0 saturated heterocycles. The molecule has 140 valence electrons. The highest BCUT2D eigenvalue weighted by molar-refractivity contribution is 5.41. The van der Waals surface area contributed by atoms with Crippen LogP contribution in [0, 0.1) is 28.6 Å².